The number of rotatable bonds is 5. The molecular weight excluding hydrogens is 421 g/mol. The highest BCUT2D eigenvalue weighted by Gasteiger charge is 2.42. The topological polar surface area (TPSA) is 70.6 Å². The molecule has 2 aromatic rings. The van der Waals surface area contributed by atoms with Crippen LogP contribution in [0.1, 0.15) is 39.0 Å². The summed E-state index contributed by atoms with van der Waals surface area (Å²) in [5.41, 5.74) is -0.0887. The lowest BCUT2D eigenvalue weighted by atomic mass is 9.78. The number of amides is 1. The third-order valence-electron chi connectivity index (χ3n) is 7.65. The lowest BCUT2D eigenvalue weighted by molar-refractivity contribution is -0.128. The maximum absolute atomic E-state index is 13.2. The molecule has 6 rings (SSSR count). The van der Waals surface area contributed by atoms with Gasteiger partial charge in [-0.05, 0) is 82.3 Å². The number of carbonyl (C=O) groups is 1. The van der Waals surface area contributed by atoms with Crippen LogP contribution in [0.25, 0.3) is 0 Å². The first-order valence-corrected chi connectivity index (χ1v) is 12.0. The summed E-state index contributed by atoms with van der Waals surface area (Å²) in [5, 5.41) is 3.47. The molecule has 1 N–H and O–H groups in total. The molecule has 5 heterocycles. The van der Waals surface area contributed by atoms with Crippen molar-refractivity contribution in [1.82, 2.24) is 20.2 Å². The average molecular weight is 454 g/mol. The molecule has 1 atom stereocenters. The fourth-order valence-electron chi connectivity index (χ4n) is 5.44. The number of halogens is 1. The third-order valence-corrected chi connectivity index (χ3v) is 7.65. The van der Waals surface area contributed by atoms with Crippen LogP contribution in [0.5, 0.6) is 11.6 Å². The Morgan fingerprint density at radius 3 is 2.52 bits per heavy atom. The molecular formula is C25H32FN5O2. The fraction of sp³-hybridized carbons (Fsp3) is 0.560. The maximum atomic E-state index is 13.2. The number of anilines is 1. The zero-order valence-electron chi connectivity index (χ0n) is 19.2. The van der Waals surface area contributed by atoms with Crippen molar-refractivity contribution in [3.63, 3.8) is 0 Å². The number of carbonyl (C=O) groups excluding carboxylic acids is 1. The molecule has 7 nitrogen and oxygen atoms in total. The number of ether oxygens (including phenoxy) is 1. The van der Waals surface area contributed by atoms with Gasteiger partial charge >= 0.3 is 0 Å². The second kappa shape index (κ2) is 9.25. The molecule has 176 valence electrons. The maximum Gasteiger partial charge on any atom is 0.228 e. The highest BCUT2D eigenvalue weighted by molar-refractivity contribution is 5.79. The first kappa shape index (κ1) is 22.1. The number of nitrogens with zero attached hydrogens (tertiary/aromatic N) is 4. The Hall–Kier alpha value is -2.74. The molecule has 1 amide bonds. The van der Waals surface area contributed by atoms with E-state index < -0.39 is 0 Å². The fourth-order valence-corrected chi connectivity index (χ4v) is 5.44. The monoisotopic (exact) mass is 453 g/mol. The van der Waals surface area contributed by atoms with E-state index in [1.165, 1.54) is 38.1 Å². The van der Waals surface area contributed by atoms with E-state index in [0.717, 1.165) is 38.9 Å². The highest BCUT2D eigenvalue weighted by Crippen LogP contribution is 2.35. The summed E-state index contributed by atoms with van der Waals surface area (Å²) in [6.07, 6.45) is 6.64. The molecule has 4 aliphatic heterocycles. The zero-order valence-corrected chi connectivity index (χ0v) is 19.2. The van der Waals surface area contributed by atoms with Gasteiger partial charge < -0.3 is 19.9 Å². The first-order chi connectivity index (χ1) is 16.0. The molecule has 1 aromatic heterocycles. The van der Waals surface area contributed by atoms with Crippen molar-refractivity contribution in [1.29, 1.82) is 0 Å². The van der Waals surface area contributed by atoms with Crippen LogP contribution in [-0.4, -0.2) is 59.0 Å². The minimum atomic E-state index is -0.309. The van der Waals surface area contributed by atoms with Gasteiger partial charge in [0.05, 0.1) is 0 Å². The van der Waals surface area contributed by atoms with E-state index >= 15 is 0 Å². The molecule has 33 heavy (non-hydrogen) atoms. The molecule has 0 spiro atoms. The lowest BCUT2D eigenvalue weighted by Gasteiger charge is -2.39. The van der Waals surface area contributed by atoms with Crippen LogP contribution in [0.2, 0.25) is 0 Å². The summed E-state index contributed by atoms with van der Waals surface area (Å²) in [6, 6.07) is 7.53. The van der Waals surface area contributed by atoms with Crippen molar-refractivity contribution < 1.29 is 13.9 Å². The SMILES string of the molecule is CC1(NC(=O)C2CCN(c3nccc(Oc4ccc(F)cc4)n3)CC2)CCN2CCC1CC2. The highest BCUT2D eigenvalue weighted by atomic mass is 19.1. The zero-order chi connectivity index (χ0) is 22.8. The van der Waals surface area contributed by atoms with Gasteiger partial charge in [-0.2, -0.15) is 4.98 Å². The Morgan fingerprint density at radius 1 is 1.06 bits per heavy atom. The minimum absolute atomic E-state index is 0.0254. The number of aromatic nitrogens is 2. The Balaban J connectivity index is 1.17. The van der Waals surface area contributed by atoms with E-state index in [4.69, 9.17) is 4.74 Å². The Bertz CT molecular complexity index is 971. The van der Waals surface area contributed by atoms with Gasteiger partial charge in [-0.15, -0.1) is 0 Å². The van der Waals surface area contributed by atoms with Crippen molar-refractivity contribution in [3.8, 4) is 11.6 Å². The van der Waals surface area contributed by atoms with Crippen LogP contribution >= 0.6 is 0 Å². The lowest BCUT2D eigenvalue weighted by Crippen LogP contribution is -2.54. The van der Waals surface area contributed by atoms with Gasteiger partial charge in [-0.1, -0.05) is 0 Å². The van der Waals surface area contributed by atoms with Gasteiger partial charge in [0.15, 0.2) is 0 Å². The smallest absolute Gasteiger partial charge is 0.228 e. The molecule has 1 aromatic carbocycles. The average Bonchev–Trinajstić information content (AvgIpc) is 3.09. The molecule has 2 bridgehead atoms. The van der Waals surface area contributed by atoms with Crippen LogP contribution < -0.4 is 15.0 Å². The van der Waals surface area contributed by atoms with Crippen LogP contribution in [0.4, 0.5) is 10.3 Å². The summed E-state index contributed by atoms with van der Waals surface area (Å²) in [4.78, 5) is 26.7. The van der Waals surface area contributed by atoms with Gasteiger partial charge in [-0.3, -0.25) is 4.79 Å². The van der Waals surface area contributed by atoms with Gasteiger partial charge in [0, 0.05) is 43.4 Å². The molecule has 0 aliphatic carbocycles. The molecule has 1 unspecified atom stereocenters. The summed E-state index contributed by atoms with van der Waals surface area (Å²) in [7, 11) is 0. The van der Waals surface area contributed by atoms with Crippen molar-refractivity contribution >= 4 is 11.9 Å². The van der Waals surface area contributed by atoms with Gasteiger partial charge in [-0.25, -0.2) is 9.37 Å². The molecule has 0 saturated carbocycles. The van der Waals surface area contributed by atoms with Crippen LogP contribution in [-0.2, 0) is 4.79 Å². The standard InChI is InChI=1S/C25H32FN5O2/c1-25(11-17-30-13-9-19(25)10-14-30)29-23(32)18-7-15-31(16-8-18)24-27-12-6-22(28-24)33-21-4-2-20(26)3-5-21/h2-6,12,18-19H,7-11,13-17H2,1H3,(H,29,32). The minimum Gasteiger partial charge on any atom is -0.439 e. The molecule has 0 radical (unpaired) electrons. The predicted molar refractivity (Wildman–Crippen MR) is 124 cm³/mol. The number of nitrogens with one attached hydrogen (secondary N) is 1. The molecule has 4 fully saturated rings. The second-order valence-corrected chi connectivity index (χ2v) is 9.78. The molecule has 4 aliphatic rings. The van der Waals surface area contributed by atoms with E-state index in [2.05, 4.69) is 32.0 Å². The Labute approximate surface area is 194 Å². The number of fused-ring (bicyclic) bond motifs is 4. The van der Waals surface area contributed by atoms with Crippen molar-refractivity contribution in [3.05, 3.63) is 42.3 Å². The largest absolute Gasteiger partial charge is 0.439 e. The number of hydrogen-bond donors (Lipinski definition) is 1. The van der Waals surface area contributed by atoms with Gasteiger partial charge in [0.25, 0.3) is 0 Å². The van der Waals surface area contributed by atoms with E-state index in [-0.39, 0.29) is 23.2 Å². The number of piperidine rings is 2. The third kappa shape index (κ3) is 4.95. The normalized spacial score (nSPS) is 27.8. The van der Waals surface area contributed by atoms with Gasteiger partial charge in [0.1, 0.15) is 11.6 Å². The van der Waals surface area contributed by atoms with Crippen molar-refractivity contribution in [2.24, 2.45) is 11.8 Å². The first-order valence-electron chi connectivity index (χ1n) is 12.0. The predicted octanol–water partition coefficient (Wildman–Crippen LogP) is 3.62. The number of hydrogen-bond acceptors (Lipinski definition) is 6. The van der Waals surface area contributed by atoms with Crippen LogP contribution in [0.15, 0.2) is 36.5 Å². The summed E-state index contributed by atoms with van der Waals surface area (Å²) in [6.45, 7) is 7.12. The molecule has 4 saturated heterocycles. The van der Waals surface area contributed by atoms with Crippen LogP contribution in [0.3, 0.4) is 0 Å². The summed E-state index contributed by atoms with van der Waals surface area (Å²) >= 11 is 0. The van der Waals surface area contributed by atoms with E-state index in [0.29, 0.717) is 23.5 Å². The molecule has 8 heteroatoms. The van der Waals surface area contributed by atoms with Gasteiger partial charge in [0.2, 0.25) is 17.7 Å². The summed E-state index contributed by atoms with van der Waals surface area (Å²) in [5.74, 6) is 2.03. The number of benzene rings is 1. The second-order valence-electron chi connectivity index (χ2n) is 9.78. The van der Waals surface area contributed by atoms with E-state index in [1.54, 1.807) is 24.4 Å². The van der Waals surface area contributed by atoms with E-state index in [1.807, 2.05) is 0 Å². The van der Waals surface area contributed by atoms with Crippen molar-refractivity contribution in [2.45, 2.75) is 44.6 Å². The van der Waals surface area contributed by atoms with E-state index in [9.17, 15) is 9.18 Å². The Kier molecular flexibility index (Phi) is 6.19. The van der Waals surface area contributed by atoms with Crippen LogP contribution in [0, 0.1) is 17.7 Å². The summed E-state index contributed by atoms with van der Waals surface area (Å²) < 4.78 is 18.9. The Morgan fingerprint density at radius 2 is 1.79 bits per heavy atom. The van der Waals surface area contributed by atoms with Crippen molar-refractivity contribution in [2.75, 3.05) is 37.6 Å². The quantitative estimate of drug-likeness (QED) is 0.746.